The van der Waals surface area contributed by atoms with Crippen LogP contribution in [-0.4, -0.2) is 32.8 Å². The van der Waals surface area contributed by atoms with Gasteiger partial charge in [-0.2, -0.15) is 5.10 Å². The first-order valence-electron chi connectivity index (χ1n) is 10.5. The Hall–Kier alpha value is -2.88. The van der Waals surface area contributed by atoms with Gasteiger partial charge in [-0.3, -0.25) is 14.4 Å². The van der Waals surface area contributed by atoms with Crippen molar-refractivity contribution in [2.75, 3.05) is 7.11 Å². The number of nitrogens with one attached hydrogen (secondary N) is 1. The van der Waals surface area contributed by atoms with Crippen molar-refractivity contribution in [3.63, 3.8) is 0 Å². The molecule has 2 heterocycles. The first-order chi connectivity index (χ1) is 16.4. The van der Waals surface area contributed by atoms with E-state index in [0.29, 0.717) is 33.9 Å². The number of nitrogens with zero attached hydrogens (tertiary/aromatic N) is 3. The molecule has 176 valence electrons. The number of carbonyl (C=O) groups is 1. The van der Waals surface area contributed by atoms with Crippen molar-refractivity contribution in [3.8, 4) is 11.5 Å². The van der Waals surface area contributed by atoms with Crippen molar-refractivity contribution in [3.05, 3.63) is 80.7 Å². The van der Waals surface area contributed by atoms with Crippen LogP contribution in [0, 0.1) is 0 Å². The predicted molar refractivity (Wildman–Crippen MR) is 139 cm³/mol. The van der Waals surface area contributed by atoms with Crippen molar-refractivity contribution in [1.82, 2.24) is 20.0 Å². The zero-order valence-electron chi connectivity index (χ0n) is 18.5. The van der Waals surface area contributed by atoms with Crippen LogP contribution in [0.1, 0.15) is 23.6 Å². The van der Waals surface area contributed by atoms with Crippen molar-refractivity contribution in [1.29, 1.82) is 0 Å². The number of amides is 1. The average molecular weight is 562 g/mol. The fourth-order valence-corrected chi connectivity index (χ4v) is 4.53. The summed E-state index contributed by atoms with van der Waals surface area (Å²) in [5.74, 6) is 1.16. The van der Waals surface area contributed by atoms with Crippen LogP contribution in [0.2, 0.25) is 5.02 Å². The Morgan fingerprint density at radius 1 is 1.24 bits per heavy atom. The maximum atomic E-state index is 13.0. The fourth-order valence-electron chi connectivity index (χ4n) is 3.47. The zero-order valence-corrected chi connectivity index (χ0v) is 21.7. The normalized spacial score (nSPS) is 14.6. The van der Waals surface area contributed by atoms with Crippen molar-refractivity contribution >= 4 is 56.8 Å². The lowest BCUT2D eigenvalue weighted by Crippen LogP contribution is -2.29. The molecule has 3 aromatic rings. The molecule has 0 bridgehead atoms. The molecular formula is C24H22BrClN4O3S. The number of benzene rings is 2. The molecule has 2 aromatic carbocycles. The lowest BCUT2D eigenvalue weighted by atomic mass is 10.1. The summed E-state index contributed by atoms with van der Waals surface area (Å²) < 4.78 is 14.0. The first-order valence-corrected chi connectivity index (χ1v) is 12.1. The van der Waals surface area contributed by atoms with Crippen LogP contribution in [-0.2, 0) is 24.5 Å². The number of ether oxygens (including phenoxy) is 2. The standard InChI is InChI=1S/C24H22BrClN4O3S/c1-3-29-12-16(11-27-29)13-30-23(31)20(28-24(30)34)9-15-4-6-21(32-2)17(8-15)14-33-22-7-5-18(26)10-19(22)25/h4-12H,3,13-14H2,1-2H3,(H,28,34)/b20-9+. The Morgan fingerprint density at radius 3 is 2.74 bits per heavy atom. The van der Waals surface area contributed by atoms with Gasteiger partial charge in [-0.15, -0.1) is 0 Å². The van der Waals surface area contributed by atoms with Crippen LogP contribution in [0.3, 0.4) is 0 Å². The Morgan fingerprint density at radius 2 is 2.03 bits per heavy atom. The van der Waals surface area contributed by atoms with Crippen LogP contribution < -0.4 is 14.8 Å². The smallest absolute Gasteiger partial charge is 0.276 e. The summed E-state index contributed by atoms with van der Waals surface area (Å²) >= 11 is 14.9. The van der Waals surface area contributed by atoms with E-state index in [1.807, 2.05) is 36.0 Å². The molecule has 0 saturated carbocycles. The molecule has 1 saturated heterocycles. The number of hydrogen-bond donors (Lipinski definition) is 1. The summed E-state index contributed by atoms with van der Waals surface area (Å²) in [6, 6.07) is 11.0. The largest absolute Gasteiger partial charge is 0.496 e. The monoisotopic (exact) mass is 560 g/mol. The highest BCUT2D eigenvalue weighted by Gasteiger charge is 2.31. The van der Waals surface area contributed by atoms with E-state index in [-0.39, 0.29) is 12.5 Å². The number of thiocarbonyl (C=S) groups is 1. The number of halogens is 2. The molecule has 1 aliphatic heterocycles. The second-order valence-electron chi connectivity index (χ2n) is 7.52. The molecular weight excluding hydrogens is 540 g/mol. The first kappa shape index (κ1) is 24.3. The number of hydrogen-bond acceptors (Lipinski definition) is 5. The topological polar surface area (TPSA) is 68.6 Å². The second-order valence-corrected chi connectivity index (χ2v) is 9.20. The molecule has 0 spiro atoms. The van der Waals surface area contributed by atoms with Gasteiger partial charge in [0.05, 0.1) is 24.3 Å². The van der Waals surface area contributed by atoms with Gasteiger partial charge in [-0.05, 0) is 77.0 Å². The van der Waals surface area contributed by atoms with Crippen LogP contribution >= 0.6 is 39.7 Å². The predicted octanol–water partition coefficient (Wildman–Crippen LogP) is 5.16. The Labute approximate surface area is 216 Å². The number of rotatable bonds is 8. The van der Waals surface area contributed by atoms with Crippen LogP contribution in [0.4, 0.5) is 0 Å². The summed E-state index contributed by atoms with van der Waals surface area (Å²) in [5, 5.41) is 8.26. The lowest BCUT2D eigenvalue weighted by molar-refractivity contribution is -0.122. The van der Waals surface area contributed by atoms with Gasteiger partial charge >= 0.3 is 0 Å². The maximum Gasteiger partial charge on any atom is 0.276 e. The van der Waals surface area contributed by atoms with Crippen LogP contribution in [0.5, 0.6) is 11.5 Å². The Kier molecular flexibility index (Phi) is 7.55. The Balaban J connectivity index is 1.51. The van der Waals surface area contributed by atoms with Crippen LogP contribution in [0.15, 0.2) is 59.0 Å². The van der Waals surface area contributed by atoms with Crippen molar-refractivity contribution in [2.24, 2.45) is 0 Å². The third-order valence-corrected chi connectivity index (χ3v) is 6.38. The van der Waals surface area contributed by atoms with Gasteiger partial charge in [0.25, 0.3) is 5.91 Å². The SMILES string of the molecule is CCn1cc(CN2C(=O)/C(=C\c3ccc(OC)c(COc4ccc(Cl)cc4Br)c3)NC2=S)cn1. The van der Waals surface area contributed by atoms with E-state index in [2.05, 4.69) is 26.3 Å². The molecule has 4 rings (SSSR count). The molecule has 34 heavy (non-hydrogen) atoms. The van der Waals surface area contributed by atoms with Gasteiger partial charge < -0.3 is 14.8 Å². The second kappa shape index (κ2) is 10.6. The number of carbonyl (C=O) groups excluding carboxylic acids is 1. The summed E-state index contributed by atoms with van der Waals surface area (Å²) in [7, 11) is 1.61. The van der Waals surface area contributed by atoms with Gasteiger partial charge in [0, 0.05) is 28.9 Å². The van der Waals surface area contributed by atoms with E-state index >= 15 is 0 Å². The van der Waals surface area contributed by atoms with E-state index in [4.69, 9.17) is 33.3 Å². The molecule has 0 unspecified atom stereocenters. The molecule has 1 aliphatic rings. The summed E-state index contributed by atoms with van der Waals surface area (Å²) in [6.07, 6.45) is 5.42. The quantitative estimate of drug-likeness (QED) is 0.303. The van der Waals surface area contributed by atoms with Gasteiger partial charge in [0.2, 0.25) is 0 Å². The average Bonchev–Trinajstić information content (AvgIpc) is 3.38. The number of aromatic nitrogens is 2. The lowest BCUT2D eigenvalue weighted by Gasteiger charge is -2.13. The summed E-state index contributed by atoms with van der Waals surface area (Å²) in [6.45, 7) is 3.40. The third kappa shape index (κ3) is 5.43. The highest BCUT2D eigenvalue weighted by Crippen LogP contribution is 2.30. The van der Waals surface area contributed by atoms with Crippen molar-refractivity contribution < 1.29 is 14.3 Å². The highest BCUT2D eigenvalue weighted by molar-refractivity contribution is 9.10. The molecule has 0 aliphatic carbocycles. The Bertz CT molecular complexity index is 1280. The molecule has 10 heteroatoms. The minimum absolute atomic E-state index is 0.187. The molecule has 0 atom stereocenters. The summed E-state index contributed by atoms with van der Waals surface area (Å²) in [5.41, 5.74) is 2.97. The minimum atomic E-state index is -0.187. The number of methoxy groups -OCH3 is 1. The van der Waals surface area contributed by atoms with Gasteiger partial charge in [0.1, 0.15) is 23.8 Å². The third-order valence-electron chi connectivity index (χ3n) is 5.21. The summed E-state index contributed by atoms with van der Waals surface area (Å²) in [4.78, 5) is 14.5. The minimum Gasteiger partial charge on any atom is -0.496 e. The zero-order chi connectivity index (χ0) is 24.2. The van der Waals surface area contributed by atoms with Gasteiger partial charge in [-0.25, -0.2) is 0 Å². The molecule has 1 aromatic heterocycles. The van der Waals surface area contributed by atoms with E-state index in [1.54, 1.807) is 37.6 Å². The molecule has 1 fully saturated rings. The van der Waals surface area contributed by atoms with Crippen LogP contribution in [0.25, 0.3) is 6.08 Å². The molecule has 0 radical (unpaired) electrons. The molecule has 1 amide bonds. The van der Waals surface area contributed by atoms with Gasteiger partial charge in [0.15, 0.2) is 5.11 Å². The van der Waals surface area contributed by atoms with Gasteiger partial charge in [-0.1, -0.05) is 17.7 Å². The fraction of sp³-hybridized carbons (Fsp3) is 0.208. The highest BCUT2D eigenvalue weighted by atomic mass is 79.9. The molecule has 7 nitrogen and oxygen atoms in total. The number of aryl methyl sites for hydroxylation is 1. The molecule has 1 N–H and O–H groups in total. The van der Waals surface area contributed by atoms with Crippen molar-refractivity contribution in [2.45, 2.75) is 26.6 Å². The van der Waals surface area contributed by atoms with E-state index in [9.17, 15) is 4.79 Å². The maximum absolute atomic E-state index is 13.0. The van der Waals surface area contributed by atoms with E-state index in [0.717, 1.165) is 27.7 Å². The van der Waals surface area contributed by atoms with E-state index < -0.39 is 0 Å². The van der Waals surface area contributed by atoms with E-state index in [1.165, 1.54) is 4.90 Å².